The van der Waals surface area contributed by atoms with Crippen LogP contribution in [0.4, 0.5) is 11.6 Å². The van der Waals surface area contributed by atoms with Gasteiger partial charge >= 0.3 is 0 Å². The predicted octanol–water partition coefficient (Wildman–Crippen LogP) is 2.21. The Morgan fingerprint density at radius 3 is 2.37 bits per heavy atom. The van der Waals surface area contributed by atoms with Crippen LogP contribution < -0.4 is 10.6 Å². The van der Waals surface area contributed by atoms with Crippen molar-refractivity contribution in [2.45, 2.75) is 33.6 Å². The van der Waals surface area contributed by atoms with Gasteiger partial charge in [-0.15, -0.1) is 0 Å². The van der Waals surface area contributed by atoms with Gasteiger partial charge in [-0.2, -0.15) is 0 Å². The molecule has 6 heteroatoms. The lowest BCUT2D eigenvalue weighted by Crippen LogP contribution is -2.14. The van der Waals surface area contributed by atoms with E-state index in [1.807, 2.05) is 19.9 Å². The topological polar surface area (TPSA) is 66.9 Å². The van der Waals surface area contributed by atoms with Gasteiger partial charge in [-0.05, 0) is 6.92 Å². The molecule has 1 aromatic heterocycles. The standard InChI is InChI=1S/C13H24N4OS/c1-5-14-11-9-12(15-7-8-19(18)6-2)17-13(16-11)10(3)4/h9-10H,5-8H2,1-4H3,(H2,14,15,16,17). The Labute approximate surface area is 118 Å². The first-order chi connectivity index (χ1) is 9.06. The maximum Gasteiger partial charge on any atom is 0.135 e. The van der Waals surface area contributed by atoms with Crippen LogP contribution in [0, 0.1) is 0 Å². The predicted molar refractivity (Wildman–Crippen MR) is 82.3 cm³/mol. The molecule has 108 valence electrons. The van der Waals surface area contributed by atoms with Gasteiger partial charge in [0, 0.05) is 47.4 Å². The van der Waals surface area contributed by atoms with E-state index in [1.54, 1.807) is 0 Å². The molecule has 0 radical (unpaired) electrons. The summed E-state index contributed by atoms with van der Waals surface area (Å²) in [4.78, 5) is 8.94. The summed E-state index contributed by atoms with van der Waals surface area (Å²) >= 11 is 0. The lowest BCUT2D eigenvalue weighted by Gasteiger charge is -2.12. The number of rotatable bonds is 8. The van der Waals surface area contributed by atoms with Crippen molar-refractivity contribution in [3.8, 4) is 0 Å². The Morgan fingerprint density at radius 1 is 1.21 bits per heavy atom. The van der Waals surface area contributed by atoms with E-state index in [1.165, 1.54) is 0 Å². The van der Waals surface area contributed by atoms with E-state index in [-0.39, 0.29) is 5.92 Å². The van der Waals surface area contributed by atoms with Gasteiger partial charge in [0.25, 0.3) is 0 Å². The molecule has 0 aliphatic heterocycles. The first kappa shape index (κ1) is 15.9. The van der Waals surface area contributed by atoms with Gasteiger partial charge in [0.05, 0.1) is 0 Å². The number of nitrogens with zero attached hydrogens (tertiary/aromatic N) is 2. The molecule has 0 aliphatic rings. The minimum Gasteiger partial charge on any atom is -0.370 e. The summed E-state index contributed by atoms with van der Waals surface area (Å²) in [7, 11) is -0.745. The summed E-state index contributed by atoms with van der Waals surface area (Å²) in [5.74, 6) is 4.07. The minimum atomic E-state index is -0.745. The molecule has 1 heterocycles. The monoisotopic (exact) mass is 284 g/mol. The molecule has 0 saturated carbocycles. The molecule has 19 heavy (non-hydrogen) atoms. The average molecular weight is 284 g/mol. The zero-order valence-corrected chi connectivity index (χ0v) is 13.0. The summed E-state index contributed by atoms with van der Waals surface area (Å²) in [6, 6.07) is 1.89. The Morgan fingerprint density at radius 2 is 1.84 bits per heavy atom. The van der Waals surface area contributed by atoms with Crippen molar-refractivity contribution in [1.29, 1.82) is 0 Å². The zero-order valence-electron chi connectivity index (χ0n) is 12.2. The van der Waals surface area contributed by atoms with E-state index in [9.17, 15) is 4.21 Å². The Bertz CT molecular complexity index is 423. The Kier molecular flexibility index (Phi) is 6.77. The van der Waals surface area contributed by atoms with Gasteiger partial charge in [0.1, 0.15) is 17.5 Å². The fourth-order valence-corrected chi connectivity index (χ4v) is 2.14. The average Bonchev–Trinajstić information content (AvgIpc) is 2.38. The third-order valence-electron chi connectivity index (χ3n) is 2.58. The van der Waals surface area contributed by atoms with Gasteiger partial charge in [-0.25, -0.2) is 9.97 Å². The van der Waals surface area contributed by atoms with E-state index < -0.39 is 10.8 Å². The molecular formula is C13H24N4OS. The first-order valence-electron chi connectivity index (χ1n) is 6.78. The van der Waals surface area contributed by atoms with Crippen LogP contribution in [0.5, 0.6) is 0 Å². The number of hydrogen-bond acceptors (Lipinski definition) is 5. The highest BCUT2D eigenvalue weighted by molar-refractivity contribution is 7.84. The van der Waals surface area contributed by atoms with Crippen LogP contribution in [0.1, 0.15) is 39.4 Å². The molecule has 1 aromatic rings. The molecule has 0 bridgehead atoms. The maximum absolute atomic E-state index is 11.4. The van der Waals surface area contributed by atoms with Crippen LogP contribution in [-0.2, 0) is 10.8 Å². The summed E-state index contributed by atoms with van der Waals surface area (Å²) in [5.41, 5.74) is 0. The van der Waals surface area contributed by atoms with Crippen molar-refractivity contribution in [1.82, 2.24) is 9.97 Å². The zero-order chi connectivity index (χ0) is 14.3. The highest BCUT2D eigenvalue weighted by atomic mass is 32.2. The molecule has 1 atom stereocenters. The lowest BCUT2D eigenvalue weighted by molar-refractivity contribution is 0.684. The van der Waals surface area contributed by atoms with Gasteiger partial charge in [0.2, 0.25) is 0 Å². The third kappa shape index (κ3) is 5.55. The molecule has 0 spiro atoms. The maximum atomic E-state index is 11.4. The number of aromatic nitrogens is 2. The number of anilines is 2. The van der Waals surface area contributed by atoms with Gasteiger partial charge in [0.15, 0.2) is 0 Å². The molecular weight excluding hydrogens is 260 g/mol. The minimum absolute atomic E-state index is 0.281. The molecule has 2 N–H and O–H groups in total. The summed E-state index contributed by atoms with van der Waals surface area (Å²) in [5, 5.41) is 6.42. The summed E-state index contributed by atoms with van der Waals surface area (Å²) in [6.07, 6.45) is 0. The smallest absolute Gasteiger partial charge is 0.135 e. The second-order valence-corrected chi connectivity index (χ2v) is 6.41. The summed E-state index contributed by atoms with van der Waals surface area (Å²) in [6.45, 7) is 9.60. The normalized spacial score (nSPS) is 12.5. The fourth-order valence-electron chi connectivity index (χ4n) is 1.52. The van der Waals surface area contributed by atoms with Crippen molar-refractivity contribution in [2.75, 3.05) is 35.2 Å². The fraction of sp³-hybridized carbons (Fsp3) is 0.692. The quantitative estimate of drug-likeness (QED) is 0.766. The van der Waals surface area contributed by atoms with Gasteiger partial charge in [-0.3, -0.25) is 4.21 Å². The summed E-state index contributed by atoms with van der Waals surface area (Å²) < 4.78 is 11.4. The van der Waals surface area contributed by atoms with Crippen LogP contribution in [0.3, 0.4) is 0 Å². The molecule has 0 amide bonds. The lowest BCUT2D eigenvalue weighted by atomic mass is 10.2. The molecule has 1 unspecified atom stereocenters. The largest absolute Gasteiger partial charge is 0.370 e. The van der Waals surface area contributed by atoms with Crippen molar-refractivity contribution >= 4 is 22.4 Å². The van der Waals surface area contributed by atoms with Crippen molar-refractivity contribution in [2.24, 2.45) is 0 Å². The van der Waals surface area contributed by atoms with Crippen LogP contribution in [0.25, 0.3) is 0 Å². The van der Waals surface area contributed by atoms with E-state index in [4.69, 9.17) is 0 Å². The highest BCUT2D eigenvalue weighted by Gasteiger charge is 2.07. The molecule has 5 nitrogen and oxygen atoms in total. The second-order valence-electron chi connectivity index (χ2n) is 4.54. The number of hydrogen-bond donors (Lipinski definition) is 2. The van der Waals surface area contributed by atoms with Crippen LogP contribution in [0.15, 0.2) is 6.07 Å². The van der Waals surface area contributed by atoms with Crippen molar-refractivity contribution in [3.05, 3.63) is 11.9 Å². The second kappa shape index (κ2) is 8.09. The molecule has 0 aliphatic carbocycles. The van der Waals surface area contributed by atoms with E-state index >= 15 is 0 Å². The SMILES string of the molecule is CCNc1cc(NCCS(=O)CC)nc(C(C)C)n1. The Balaban J connectivity index is 2.72. The van der Waals surface area contributed by atoms with Gasteiger partial charge < -0.3 is 10.6 Å². The number of nitrogens with one attached hydrogen (secondary N) is 2. The van der Waals surface area contributed by atoms with Crippen molar-refractivity contribution < 1.29 is 4.21 Å². The van der Waals surface area contributed by atoms with E-state index in [0.717, 1.165) is 24.0 Å². The van der Waals surface area contributed by atoms with Crippen molar-refractivity contribution in [3.63, 3.8) is 0 Å². The van der Waals surface area contributed by atoms with Gasteiger partial charge in [-0.1, -0.05) is 20.8 Å². The molecule has 1 rings (SSSR count). The third-order valence-corrected chi connectivity index (χ3v) is 3.88. The Hall–Kier alpha value is -1.17. The van der Waals surface area contributed by atoms with E-state index in [2.05, 4.69) is 34.4 Å². The van der Waals surface area contributed by atoms with E-state index in [0.29, 0.717) is 18.1 Å². The van der Waals surface area contributed by atoms with Crippen LogP contribution in [0.2, 0.25) is 0 Å². The highest BCUT2D eigenvalue weighted by Crippen LogP contribution is 2.16. The molecule has 0 saturated heterocycles. The van der Waals surface area contributed by atoms with Crippen LogP contribution in [-0.4, -0.2) is 38.8 Å². The molecule has 0 aromatic carbocycles. The van der Waals surface area contributed by atoms with Crippen LogP contribution >= 0.6 is 0 Å². The first-order valence-corrected chi connectivity index (χ1v) is 8.27. The molecule has 0 fully saturated rings.